The first-order valence-corrected chi connectivity index (χ1v) is 7.37. The van der Waals surface area contributed by atoms with Crippen molar-refractivity contribution in [3.63, 3.8) is 0 Å². The zero-order valence-corrected chi connectivity index (χ0v) is 13.1. The van der Waals surface area contributed by atoms with Gasteiger partial charge in [-0.1, -0.05) is 48.6 Å². The maximum absolute atomic E-state index is 12.7. The molecule has 0 aromatic heterocycles. The molecule has 1 amide bonds. The molecular formula is C18H16F3NO3. The van der Waals surface area contributed by atoms with Gasteiger partial charge < -0.3 is 15.2 Å². The van der Waals surface area contributed by atoms with E-state index in [9.17, 15) is 23.1 Å². The van der Waals surface area contributed by atoms with Crippen molar-refractivity contribution in [2.75, 3.05) is 6.54 Å². The Labute approximate surface area is 142 Å². The second kappa shape index (κ2) is 8.23. The first-order chi connectivity index (χ1) is 11.9. The summed E-state index contributed by atoms with van der Waals surface area (Å²) in [5, 5.41) is 11.7. The van der Waals surface area contributed by atoms with Crippen LogP contribution in [0, 0.1) is 0 Å². The van der Waals surface area contributed by atoms with Crippen LogP contribution in [0.2, 0.25) is 0 Å². The molecule has 0 aliphatic heterocycles. The van der Waals surface area contributed by atoms with Crippen molar-refractivity contribution in [3.8, 4) is 5.75 Å². The Morgan fingerprint density at radius 3 is 2.56 bits per heavy atom. The SMILES string of the molecule is O=C(NCC=Cc1ccc(O)c(C(F)(F)F)c1)OCc1ccccc1. The smallest absolute Gasteiger partial charge is 0.419 e. The number of hydrogen-bond donors (Lipinski definition) is 2. The third-order valence-corrected chi connectivity index (χ3v) is 3.21. The highest BCUT2D eigenvalue weighted by atomic mass is 19.4. The van der Waals surface area contributed by atoms with Gasteiger partial charge in [0.25, 0.3) is 0 Å². The Kier molecular flexibility index (Phi) is 6.05. The molecule has 0 heterocycles. The number of amides is 1. The number of phenolic OH excluding ortho intramolecular Hbond substituents is 1. The molecule has 4 nitrogen and oxygen atoms in total. The molecule has 0 aliphatic carbocycles. The van der Waals surface area contributed by atoms with E-state index in [0.29, 0.717) is 0 Å². The lowest BCUT2D eigenvalue weighted by atomic mass is 10.1. The van der Waals surface area contributed by atoms with Crippen LogP contribution in [0.5, 0.6) is 5.75 Å². The largest absolute Gasteiger partial charge is 0.507 e. The van der Waals surface area contributed by atoms with Crippen LogP contribution >= 0.6 is 0 Å². The molecule has 25 heavy (non-hydrogen) atoms. The first-order valence-electron chi connectivity index (χ1n) is 7.37. The fraction of sp³-hybridized carbons (Fsp3) is 0.167. The van der Waals surface area contributed by atoms with Gasteiger partial charge in [0.15, 0.2) is 0 Å². The molecule has 0 spiro atoms. The number of alkyl carbamates (subject to hydrolysis) is 1. The van der Waals surface area contributed by atoms with E-state index in [1.807, 2.05) is 30.3 Å². The number of halogens is 3. The number of hydrogen-bond acceptors (Lipinski definition) is 3. The van der Waals surface area contributed by atoms with Gasteiger partial charge in [-0.25, -0.2) is 4.79 Å². The van der Waals surface area contributed by atoms with Crippen molar-refractivity contribution in [3.05, 3.63) is 71.3 Å². The standard InChI is InChI=1S/C18H16F3NO3/c19-18(20,21)15-11-13(8-9-16(15)23)7-4-10-22-17(24)25-12-14-5-2-1-3-6-14/h1-9,11,23H,10,12H2,(H,22,24). The number of carbonyl (C=O) groups is 1. The van der Waals surface area contributed by atoms with E-state index in [1.165, 1.54) is 18.2 Å². The second-order valence-electron chi connectivity index (χ2n) is 5.12. The number of phenols is 1. The second-order valence-corrected chi connectivity index (χ2v) is 5.12. The van der Waals surface area contributed by atoms with Crippen LogP contribution in [0.15, 0.2) is 54.6 Å². The zero-order valence-electron chi connectivity index (χ0n) is 13.1. The Balaban J connectivity index is 1.82. The lowest BCUT2D eigenvalue weighted by molar-refractivity contribution is -0.138. The molecule has 0 atom stereocenters. The van der Waals surface area contributed by atoms with Crippen LogP contribution in [-0.2, 0) is 17.5 Å². The molecule has 0 fully saturated rings. The van der Waals surface area contributed by atoms with Crippen LogP contribution in [0.25, 0.3) is 6.08 Å². The minimum atomic E-state index is -4.63. The highest BCUT2D eigenvalue weighted by Gasteiger charge is 2.33. The Morgan fingerprint density at radius 1 is 1.16 bits per heavy atom. The first kappa shape index (κ1) is 18.4. The van der Waals surface area contributed by atoms with E-state index in [-0.39, 0.29) is 18.7 Å². The van der Waals surface area contributed by atoms with Crippen molar-refractivity contribution in [2.24, 2.45) is 0 Å². The third-order valence-electron chi connectivity index (χ3n) is 3.21. The van der Waals surface area contributed by atoms with Crippen molar-refractivity contribution < 1.29 is 27.8 Å². The van der Waals surface area contributed by atoms with Crippen LogP contribution in [0.3, 0.4) is 0 Å². The highest BCUT2D eigenvalue weighted by molar-refractivity contribution is 5.67. The maximum Gasteiger partial charge on any atom is 0.419 e. The quantitative estimate of drug-likeness (QED) is 0.842. The summed E-state index contributed by atoms with van der Waals surface area (Å²) in [6.07, 6.45) is -2.37. The van der Waals surface area contributed by atoms with E-state index < -0.39 is 23.6 Å². The number of aromatic hydroxyl groups is 1. The Bertz CT molecular complexity index is 743. The normalized spacial score (nSPS) is 11.5. The molecule has 0 saturated heterocycles. The van der Waals surface area contributed by atoms with E-state index in [4.69, 9.17) is 4.74 Å². The van der Waals surface area contributed by atoms with Gasteiger partial charge in [-0.3, -0.25) is 0 Å². The minimum absolute atomic E-state index is 0.0931. The zero-order chi connectivity index (χ0) is 18.3. The average molecular weight is 351 g/mol. The Hall–Kier alpha value is -2.96. The summed E-state index contributed by atoms with van der Waals surface area (Å²) in [6.45, 7) is 0.221. The number of carbonyl (C=O) groups excluding carboxylic acids is 1. The summed E-state index contributed by atoms with van der Waals surface area (Å²) >= 11 is 0. The van der Waals surface area contributed by atoms with Gasteiger partial charge in [-0.2, -0.15) is 13.2 Å². The van der Waals surface area contributed by atoms with E-state index in [0.717, 1.165) is 17.7 Å². The van der Waals surface area contributed by atoms with Gasteiger partial charge in [0, 0.05) is 6.54 Å². The van der Waals surface area contributed by atoms with Crippen molar-refractivity contribution in [2.45, 2.75) is 12.8 Å². The van der Waals surface area contributed by atoms with Crippen LogP contribution < -0.4 is 5.32 Å². The molecule has 0 unspecified atom stereocenters. The summed E-state index contributed by atoms with van der Waals surface area (Å²) in [5.74, 6) is -0.827. The molecule has 132 valence electrons. The molecular weight excluding hydrogens is 335 g/mol. The van der Waals surface area contributed by atoms with E-state index >= 15 is 0 Å². The maximum atomic E-state index is 12.7. The van der Waals surface area contributed by atoms with Gasteiger partial charge in [0.1, 0.15) is 12.4 Å². The Morgan fingerprint density at radius 2 is 1.88 bits per heavy atom. The number of alkyl halides is 3. The van der Waals surface area contributed by atoms with E-state index in [1.54, 1.807) is 0 Å². The molecule has 2 N–H and O–H groups in total. The minimum Gasteiger partial charge on any atom is -0.507 e. The number of ether oxygens (including phenoxy) is 1. The predicted molar refractivity (Wildman–Crippen MR) is 86.8 cm³/mol. The van der Waals surface area contributed by atoms with Gasteiger partial charge >= 0.3 is 12.3 Å². The monoisotopic (exact) mass is 351 g/mol. The number of rotatable bonds is 5. The summed E-state index contributed by atoms with van der Waals surface area (Å²) < 4.78 is 43.1. The lowest BCUT2D eigenvalue weighted by Gasteiger charge is -2.09. The molecule has 0 aliphatic rings. The van der Waals surface area contributed by atoms with Crippen molar-refractivity contribution in [1.82, 2.24) is 5.32 Å². The van der Waals surface area contributed by atoms with Gasteiger partial charge in [-0.15, -0.1) is 0 Å². The average Bonchev–Trinajstić information content (AvgIpc) is 2.58. The molecule has 2 aromatic rings. The summed E-state index contributed by atoms with van der Waals surface area (Å²) in [7, 11) is 0. The molecule has 2 rings (SSSR count). The van der Waals surface area contributed by atoms with Gasteiger partial charge in [0.2, 0.25) is 0 Å². The predicted octanol–water partition coefficient (Wildman–Crippen LogP) is 4.35. The summed E-state index contributed by atoms with van der Waals surface area (Å²) in [4.78, 5) is 11.5. The molecule has 0 radical (unpaired) electrons. The van der Waals surface area contributed by atoms with E-state index in [2.05, 4.69) is 5.32 Å². The van der Waals surface area contributed by atoms with Crippen LogP contribution in [0.1, 0.15) is 16.7 Å². The number of nitrogens with one attached hydrogen (secondary N) is 1. The summed E-state index contributed by atoms with van der Waals surface area (Å²) in [5.41, 5.74) is -0.00794. The van der Waals surface area contributed by atoms with Gasteiger partial charge in [0.05, 0.1) is 5.56 Å². The van der Waals surface area contributed by atoms with Crippen LogP contribution in [-0.4, -0.2) is 17.7 Å². The third kappa shape index (κ3) is 5.87. The molecule has 7 heteroatoms. The van der Waals surface area contributed by atoms with Crippen LogP contribution in [0.4, 0.5) is 18.0 Å². The fourth-order valence-electron chi connectivity index (χ4n) is 2.00. The summed E-state index contributed by atoms with van der Waals surface area (Å²) in [6, 6.07) is 12.3. The van der Waals surface area contributed by atoms with Gasteiger partial charge in [-0.05, 0) is 23.3 Å². The lowest BCUT2D eigenvalue weighted by Crippen LogP contribution is -2.24. The number of benzene rings is 2. The molecule has 0 saturated carbocycles. The molecule has 2 aromatic carbocycles. The highest BCUT2D eigenvalue weighted by Crippen LogP contribution is 2.36. The molecule has 0 bridgehead atoms. The van der Waals surface area contributed by atoms with Crippen molar-refractivity contribution >= 4 is 12.2 Å². The van der Waals surface area contributed by atoms with Crippen molar-refractivity contribution in [1.29, 1.82) is 0 Å². The fourth-order valence-corrected chi connectivity index (χ4v) is 2.00. The topological polar surface area (TPSA) is 58.6 Å².